The van der Waals surface area contributed by atoms with Crippen LogP contribution in [0.4, 0.5) is 0 Å². The van der Waals surface area contributed by atoms with Crippen LogP contribution in [0.3, 0.4) is 0 Å². The van der Waals surface area contributed by atoms with Crippen LogP contribution in [0.15, 0.2) is 29.2 Å². The number of rotatable bonds is 7. The van der Waals surface area contributed by atoms with Crippen LogP contribution in [-0.2, 0) is 19.4 Å². The SMILES string of the molecule is CCOC(=O)CCS(=O)(=O)c1ccc(C(=O)C2CC2)cc1. The van der Waals surface area contributed by atoms with E-state index in [1.807, 2.05) is 0 Å². The summed E-state index contributed by atoms with van der Waals surface area (Å²) in [6.45, 7) is 1.90. The molecule has 0 aromatic heterocycles. The summed E-state index contributed by atoms with van der Waals surface area (Å²) >= 11 is 0. The summed E-state index contributed by atoms with van der Waals surface area (Å²) < 4.78 is 28.9. The van der Waals surface area contributed by atoms with Gasteiger partial charge in [0.1, 0.15) is 0 Å². The standard InChI is InChI=1S/C15H18O5S/c1-2-20-14(16)9-10-21(18,19)13-7-5-12(6-8-13)15(17)11-3-4-11/h5-8,11H,2-4,9-10H2,1H3. The minimum absolute atomic E-state index is 0.0745. The molecule has 0 atom stereocenters. The first-order chi connectivity index (χ1) is 9.94. The van der Waals surface area contributed by atoms with Gasteiger partial charge in [0.25, 0.3) is 0 Å². The van der Waals surface area contributed by atoms with Gasteiger partial charge in [-0.15, -0.1) is 0 Å². The predicted molar refractivity (Wildman–Crippen MR) is 76.8 cm³/mol. The van der Waals surface area contributed by atoms with Crippen molar-refractivity contribution in [3.05, 3.63) is 29.8 Å². The summed E-state index contributed by atoms with van der Waals surface area (Å²) in [5, 5.41) is 0. The molecule has 0 radical (unpaired) electrons. The van der Waals surface area contributed by atoms with E-state index in [1.165, 1.54) is 24.3 Å². The van der Waals surface area contributed by atoms with Gasteiger partial charge in [0.15, 0.2) is 15.6 Å². The summed E-state index contributed by atoms with van der Waals surface area (Å²) in [7, 11) is -3.53. The number of carbonyl (C=O) groups is 2. The van der Waals surface area contributed by atoms with Crippen LogP contribution in [0.1, 0.15) is 36.5 Å². The van der Waals surface area contributed by atoms with Crippen molar-refractivity contribution in [2.45, 2.75) is 31.1 Å². The van der Waals surface area contributed by atoms with E-state index in [-0.39, 0.29) is 35.4 Å². The quantitative estimate of drug-likeness (QED) is 0.568. The van der Waals surface area contributed by atoms with Gasteiger partial charge in [0.2, 0.25) is 0 Å². The summed E-state index contributed by atoms with van der Waals surface area (Å²) in [6, 6.07) is 5.93. The molecule has 1 aliphatic rings. The summed E-state index contributed by atoms with van der Waals surface area (Å²) in [6.07, 6.45) is 1.66. The molecular weight excluding hydrogens is 292 g/mol. The van der Waals surface area contributed by atoms with Crippen molar-refractivity contribution in [3.8, 4) is 0 Å². The molecule has 2 rings (SSSR count). The number of benzene rings is 1. The molecule has 0 unspecified atom stereocenters. The molecule has 5 nitrogen and oxygen atoms in total. The maximum Gasteiger partial charge on any atom is 0.306 e. The van der Waals surface area contributed by atoms with E-state index >= 15 is 0 Å². The Bertz CT molecular complexity index is 627. The molecule has 0 aliphatic heterocycles. The Hall–Kier alpha value is -1.69. The Morgan fingerprint density at radius 3 is 2.33 bits per heavy atom. The molecule has 1 aliphatic carbocycles. The highest BCUT2D eigenvalue weighted by molar-refractivity contribution is 7.91. The van der Waals surface area contributed by atoms with Crippen molar-refractivity contribution in [3.63, 3.8) is 0 Å². The fourth-order valence-electron chi connectivity index (χ4n) is 1.98. The van der Waals surface area contributed by atoms with Gasteiger partial charge < -0.3 is 4.74 Å². The third-order valence-corrected chi connectivity index (χ3v) is 5.06. The number of hydrogen-bond acceptors (Lipinski definition) is 5. The highest BCUT2D eigenvalue weighted by atomic mass is 32.2. The zero-order valence-corrected chi connectivity index (χ0v) is 12.7. The molecule has 0 bridgehead atoms. The van der Waals surface area contributed by atoms with Gasteiger partial charge in [0, 0.05) is 11.5 Å². The van der Waals surface area contributed by atoms with Crippen LogP contribution in [0.2, 0.25) is 0 Å². The van der Waals surface area contributed by atoms with Gasteiger partial charge in [-0.1, -0.05) is 12.1 Å². The topological polar surface area (TPSA) is 77.5 Å². The smallest absolute Gasteiger partial charge is 0.306 e. The summed E-state index contributed by atoms with van der Waals surface area (Å²) in [5.74, 6) is -0.634. The average Bonchev–Trinajstić information content (AvgIpc) is 3.30. The summed E-state index contributed by atoms with van der Waals surface area (Å²) in [4.78, 5) is 23.2. The van der Waals surface area contributed by atoms with Crippen LogP contribution in [0, 0.1) is 5.92 Å². The molecule has 1 aromatic rings. The monoisotopic (exact) mass is 310 g/mol. The van der Waals surface area contributed by atoms with E-state index in [0.717, 1.165) is 12.8 Å². The Morgan fingerprint density at radius 1 is 1.19 bits per heavy atom. The molecule has 0 spiro atoms. The van der Waals surface area contributed by atoms with Crippen LogP contribution < -0.4 is 0 Å². The van der Waals surface area contributed by atoms with E-state index in [2.05, 4.69) is 0 Å². The largest absolute Gasteiger partial charge is 0.466 e. The highest BCUT2D eigenvalue weighted by Gasteiger charge is 2.30. The lowest BCUT2D eigenvalue weighted by molar-refractivity contribution is -0.142. The van der Waals surface area contributed by atoms with Crippen molar-refractivity contribution in [2.24, 2.45) is 5.92 Å². The van der Waals surface area contributed by atoms with Crippen molar-refractivity contribution in [1.29, 1.82) is 0 Å². The minimum atomic E-state index is -3.53. The zero-order valence-electron chi connectivity index (χ0n) is 11.9. The molecule has 0 saturated heterocycles. The lowest BCUT2D eigenvalue weighted by Gasteiger charge is -2.05. The lowest BCUT2D eigenvalue weighted by Crippen LogP contribution is -2.13. The van der Waals surface area contributed by atoms with Gasteiger partial charge in [-0.2, -0.15) is 0 Å². The Labute approximate surface area is 124 Å². The van der Waals surface area contributed by atoms with Crippen LogP contribution >= 0.6 is 0 Å². The van der Waals surface area contributed by atoms with Crippen molar-refractivity contribution in [1.82, 2.24) is 0 Å². The van der Waals surface area contributed by atoms with E-state index in [9.17, 15) is 18.0 Å². The first kappa shape index (κ1) is 15.7. The number of ether oxygens (including phenoxy) is 1. The molecular formula is C15H18O5S. The van der Waals surface area contributed by atoms with E-state index in [1.54, 1.807) is 6.92 Å². The van der Waals surface area contributed by atoms with Crippen molar-refractivity contribution < 1.29 is 22.7 Å². The van der Waals surface area contributed by atoms with Crippen molar-refractivity contribution in [2.75, 3.05) is 12.4 Å². The number of hydrogen-bond donors (Lipinski definition) is 0. The van der Waals surface area contributed by atoms with E-state index < -0.39 is 15.8 Å². The molecule has 21 heavy (non-hydrogen) atoms. The first-order valence-corrected chi connectivity index (χ1v) is 8.62. The van der Waals surface area contributed by atoms with Gasteiger partial charge >= 0.3 is 5.97 Å². The number of esters is 1. The number of carbonyl (C=O) groups excluding carboxylic acids is 2. The maximum absolute atomic E-state index is 12.1. The van der Waals surface area contributed by atoms with E-state index in [4.69, 9.17) is 4.74 Å². The second kappa shape index (κ2) is 6.39. The third kappa shape index (κ3) is 4.14. The molecule has 6 heteroatoms. The minimum Gasteiger partial charge on any atom is -0.466 e. The summed E-state index contributed by atoms with van der Waals surface area (Å²) in [5.41, 5.74) is 0.543. The normalized spacial score (nSPS) is 14.7. The van der Waals surface area contributed by atoms with E-state index in [0.29, 0.717) is 5.56 Å². The molecule has 0 amide bonds. The maximum atomic E-state index is 12.1. The molecule has 1 fully saturated rings. The number of ketones is 1. The van der Waals surface area contributed by atoms with Crippen molar-refractivity contribution >= 4 is 21.6 Å². The fourth-order valence-corrected chi connectivity index (χ4v) is 3.20. The third-order valence-electron chi connectivity index (χ3n) is 3.33. The molecule has 114 valence electrons. The van der Waals surface area contributed by atoms with Gasteiger partial charge in [-0.3, -0.25) is 9.59 Å². The number of sulfone groups is 1. The Balaban J connectivity index is 2.02. The Kier molecular flexibility index (Phi) is 4.77. The predicted octanol–water partition coefficient (Wildman–Crippen LogP) is 2.01. The van der Waals surface area contributed by atoms with Gasteiger partial charge in [-0.05, 0) is 31.9 Å². The van der Waals surface area contributed by atoms with Crippen LogP contribution in [0.5, 0.6) is 0 Å². The van der Waals surface area contributed by atoms with Crippen LogP contribution in [-0.4, -0.2) is 32.5 Å². The number of Topliss-reactive ketones (excluding diaryl/α,β-unsaturated/α-hetero) is 1. The average molecular weight is 310 g/mol. The fraction of sp³-hybridized carbons (Fsp3) is 0.467. The molecule has 0 N–H and O–H groups in total. The molecule has 1 aromatic carbocycles. The molecule has 1 saturated carbocycles. The molecule has 0 heterocycles. The second-order valence-electron chi connectivity index (χ2n) is 5.04. The second-order valence-corrected chi connectivity index (χ2v) is 7.15. The lowest BCUT2D eigenvalue weighted by atomic mass is 10.1. The zero-order chi connectivity index (χ0) is 15.5. The van der Waals surface area contributed by atoms with Gasteiger partial charge in [-0.25, -0.2) is 8.42 Å². The first-order valence-electron chi connectivity index (χ1n) is 6.96. The van der Waals surface area contributed by atoms with Crippen LogP contribution in [0.25, 0.3) is 0 Å². The Morgan fingerprint density at radius 2 is 1.81 bits per heavy atom. The highest BCUT2D eigenvalue weighted by Crippen LogP contribution is 2.32. The van der Waals surface area contributed by atoms with Gasteiger partial charge in [0.05, 0.1) is 23.7 Å².